The fraction of sp³-hybridized carbons (Fsp3) is 0.444. The highest BCUT2D eigenvalue weighted by molar-refractivity contribution is 6.31. The lowest BCUT2D eigenvalue weighted by Gasteiger charge is -2.22. The van der Waals surface area contributed by atoms with Crippen molar-refractivity contribution in [2.75, 3.05) is 24.5 Å². The zero-order chi connectivity index (χ0) is 18.8. The van der Waals surface area contributed by atoms with Crippen molar-refractivity contribution in [3.05, 3.63) is 41.2 Å². The van der Waals surface area contributed by atoms with Crippen LogP contribution in [0.1, 0.15) is 35.8 Å². The minimum absolute atomic E-state index is 0.142. The smallest absolute Gasteiger partial charge is 0.274 e. The molecule has 2 aliphatic rings. The van der Waals surface area contributed by atoms with Crippen LogP contribution < -0.4 is 15.5 Å². The molecule has 9 heteroatoms. The fourth-order valence-electron chi connectivity index (χ4n) is 3.58. The Kier molecular flexibility index (Phi) is 5.09. The summed E-state index contributed by atoms with van der Waals surface area (Å²) in [4.78, 5) is 26.8. The van der Waals surface area contributed by atoms with Crippen molar-refractivity contribution < 1.29 is 9.59 Å². The first-order valence-corrected chi connectivity index (χ1v) is 9.50. The number of aromatic nitrogens is 3. The maximum atomic E-state index is 12.7. The SMILES string of the molecule is O=C(NC1CCN(c2cccc(Cl)c2)C1=O)c1cn(C2CCNCC2)nn1. The van der Waals surface area contributed by atoms with Gasteiger partial charge in [-0.05, 0) is 50.6 Å². The van der Waals surface area contributed by atoms with Crippen molar-refractivity contribution in [3.8, 4) is 0 Å². The van der Waals surface area contributed by atoms with Gasteiger partial charge >= 0.3 is 0 Å². The molecule has 0 spiro atoms. The number of anilines is 1. The molecule has 0 saturated carbocycles. The van der Waals surface area contributed by atoms with Crippen molar-refractivity contribution in [3.63, 3.8) is 0 Å². The molecule has 2 amide bonds. The lowest BCUT2D eigenvalue weighted by Crippen LogP contribution is -2.41. The number of amides is 2. The third-order valence-electron chi connectivity index (χ3n) is 5.06. The van der Waals surface area contributed by atoms with E-state index in [1.165, 1.54) is 0 Å². The Morgan fingerprint density at radius 1 is 1.26 bits per heavy atom. The van der Waals surface area contributed by atoms with Gasteiger partial charge in [0.1, 0.15) is 6.04 Å². The van der Waals surface area contributed by atoms with Crippen molar-refractivity contribution in [2.45, 2.75) is 31.3 Å². The van der Waals surface area contributed by atoms with E-state index in [1.54, 1.807) is 34.0 Å². The lowest BCUT2D eigenvalue weighted by atomic mass is 10.1. The molecule has 8 nitrogen and oxygen atoms in total. The van der Waals surface area contributed by atoms with Crippen molar-refractivity contribution >= 4 is 29.1 Å². The van der Waals surface area contributed by atoms with E-state index in [4.69, 9.17) is 11.6 Å². The summed E-state index contributed by atoms with van der Waals surface area (Å²) in [6, 6.07) is 6.83. The average Bonchev–Trinajstić information content (AvgIpc) is 3.30. The Labute approximate surface area is 161 Å². The van der Waals surface area contributed by atoms with E-state index in [9.17, 15) is 9.59 Å². The first-order chi connectivity index (χ1) is 13.1. The third kappa shape index (κ3) is 3.81. The molecule has 0 aliphatic carbocycles. The van der Waals surface area contributed by atoms with Gasteiger partial charge in [0, 0.05) is 17.3 Å². The third-order valence-corrected chi connectivity index (χ3v) is 5.29. The number of hydrogen-bond acceptors (Lipinski definition) is 5. The van der Waals surface area contributed by atoms with Crippen LogP contribution in [0, 0.1) is 0 Å². The first-order valence-electron chi connectivity index (χ1n) is 9.12. The van der Waals surface area contributed by atoms with Crippen LogP contribution in [0.5, 0.6) is 0 Å². The molecule has 1 aromatic carbocycles. The van der Waals surface area contributed by atoms with Gasteiger partial charge in [-0.2, -0.15) is 0 Å². The molecule has 3 heterocycles. The van der Waals surface area contributed by atoms with Gasteiger partial charge in [-0.3, -0.25) is 9.59 Å². The van der Waals surface area contributed by atoms with Crippen LogP contribution in [-0.4, -0.2) is 52.5 Å². The summed E-state index contributed by atoms with van der Waals surface area (Å²) in [5, 5.41) is 14.7. The van der Waals surface area contributed by atoms with E-state index in [0.717, 1.165) is 31.6 Å². The first kappa shape index (κ1) is 17.9. The molecule has 2 N–H and O–H groups in total. The van der Waals surface area contributed by atoms with Crippen LogP contribution in [-0.2, 0) is 4.79 Å². The maximum absolute atomic E-state index is 12.7. The van der Waals surface area contributed by atoms with E-state index in [2.05, 4.69) is 20.9 Å². The van der Waals surface area contributed by atoms with Crippen LogP contribution in [0.2, 0.25) is 5.02 Å². The normalized spacial score (nSPS) is 20.9. The number of carbonyl (C=O) groups is 2. The van der Waals surface area contributed by atoms with E-state index < -0.39 is 6.04 Å². The van der Waals surface area contributed by atoms with Crippen LogP contribution in [0.15, 0.2) is 30.5 Å². The lowest BCUT2D eigenvalue weighted by molar-refractivity contribution is -0.118. The van der Waals surface area contributed by atoms with Crippen LogP contribution in [0.4, 0.5) is 5.69 Å². The summed E-state index contributed by atoms with van der Waals surface area (Å²) < 4.78 is 1.75. The monoisotopic (exact) mass is 388 g/mol. The van der Waals surface area contributed by atoms with Crippen molar-refractivity contribution in [1.29, 1.82) is 0 Å². The molecule has 2 aliphatic heterocycles. The second kappa shape index (κ2) is 7.66. The zero-order valence-electron chi connectivity index (χ0n) is 14.8. The number of piperidine rings is 1. The van der Waals surface area contributed by atoms with E-state index in [1.807, 2.05) is 6.07 Å². The number of nitrogens with zero attached hydrogens (tertiary/aromatic N) is 4. The van der Waals surface area contributed by atoms with Gasteiger partial charge in [0.05, 0.1) is 12.2 Å². The Morgan fingerprint density at radius 3 is 2.85 bits per heavy atom. The quantitative estimate of drug-likeness (QED) is 0.825. The standard InChI is InChI=1S/C18H21ClN6O2/c19-12-2-1-3-14(10-12)24-9-6-15(18(24)27)21-17(26)16-11-25(23-22-16)13-4-7-20-8-5-13/h1-3,10-11,13,15,20H,4-9H2,(H,21,26). The molecule has 1 aromatic heterocycles. The predicted octanol–water partition coefficient (Wildman–Crippen LogP) is 1.39. The molecule has 2 fully saturated rings. The number of carbonyl (C=O) groups excluding carboxylic acids is 2. The van der Waals surface area contributed by atoms with E-state index >= 15 is 0 Å². The molecule has 0 radical (unpaired) electrons. The van der Waals surface area contributed by atoms with Gasteiger partial charge in [0.25, 0.3) is 5.91 Å². The van der Waals surface area contributed by atoms with Gasteiger partial charge in [-0.15, -0.1) is 5.10 Å². The molecular weight excluding hydrogens is 368 g/mol. The molecular formula is C18H21ClN6O2. The van der Waals surface area contributed by atoms with Crippen molar-refractivity contribution in [2.24, 2.45) is 0 Å². The van der Waals surface area contributed by atoms with E-state index in [-0.39, 0.29) is 23.6 Å². The molecule has 0 bridgehead atoms. The highest BCUT2D eigenvalue weighted by atomic mass is 35.5. The number of nitrogens with one attached hydrogen (secondary N) is 2. The summed E-state index contributed by atoms with van der Waals surface area (Å²) in [7, 11) is 0. The molecule has 1 unspecified atom stereocenters. The fourth-order valence-corrected chi connectivity index (χ4v) is 3.76. The minimum atomic E-state index is -0.569. The van der Waals surface area contributed by atoms with Gasteiger partial charge in [0.15, 0.2) is 5.69 Å². The summed E-state index contributed by atoms with van der Waals surface area (Å²) in [6.45, 7) is 2.40. The minimum Gasteiger partial charge on any atom is -0.339 e. The summed E-state index contributed by atoms with van der Waals surface area (Å²) >= 11 is 6.01. The summed E-state index contributed by atoms with van der Waals surface area (Å²) in [6.07, 6.45) is 4.12. The second-order valence-corrected chi connectivity index (χ2v) is 7.29. The maximum Gasteiger partial charge on any atom is 0.274 e. The number of hydrogen-bond donors (Lipinski definition) is 2. The molecule has 1 atom stereocenters. The molecule has 142 valence electrons. The molecule has 27 heavy (non-hydrogen) atoms. The van der Waals surface area contributed by atoms with Crippen LogP contribution >= 0.6 is 11.6 Å². The largest absolute Gasteiger partial charge is 0.339 e. The molecule has 4 rings (SSSR count). The predicted molar refractivity (Wildman–Crippen MR) is 101 cm³/mol. The van der Waals surface area contributed by atoms with Crippen LogP contribution in [0.3, 0.4) is 0 Å². The summed E-state index contributed by atoms with van der Waals surface area (Å²) in [5.41, 5.74) is 0.976. The highest BCUT2D eigenvalue weighted by Gasteiger charge is 2.34. The highest BCUT2D eigenvalue weighted by Crippen LogP contribution is 2.24. The van der Waals surface area contributed by atoms with Crippen LogP contribution in [0.25, 0.3) is 0 Å². The van der Waals surface area contributed by atoms with Gasteiger partial charge in [-0.25, -0.2) is 4.68 Å². The van der Waals surface area contributed by atoms with E-state index in [0.29, 0.717) is 18.0 Å². The van der Waals surface area contributed by atoms with Gasteiger partial charge < -0.3 is 15.5 Å². The second-order valence-electron chi connectivity index (χ2n) is 6.85. The average molecular weight is 389 g/mol. The Balaban J connectivity index is 1.40. The van der Waals surface area contributed by atoms with Crippen molar-refractivity contribution in [1.82, 2.24) is 25.6 Å². The zero-order valence-corrected chi connectivity index (χ0v) is 15.5. The number of halogens is 1. The Morgan fingerprint density at radius 2 is 2.07 bits per heavy atom. The molecule has 2 aromatic rings. The molecule has 2 saturated heterocycles. The number of rotatable bonds is 4. The van der Waals surface area contributed by atoms with Gasteiger partial charge in [-0.1, -0.05) is 22.9 Å². The Hall–Kier alpha value is -2.45. The summed E-state index contributed by atoms with van der Waals surface area (Å²) in [5.74, 6) is -0.516. The number of benzene rings is 1. The topological polar surface area (TPSA) is 92.2 Å². The van der Waals surface area contributed by atoms with Gasteiger partial charge in [0.2, 0.25) is 5.91 Å². The Bertz CT molecular complexity index is 848.